The summed E-state index contributed by atoms with van der Waals surface area (Å²) in [5.74, 6) is 0.494. The summed E-state index contributed by atoms with van der Waals surface area (Å²) >= 11 is 0. The Bertz CT molecular complexity index is 1160. The van der Waals surface area contributed by atoms with Crippen molar-refractivity contribution in [1.82, 2.24) is 19.7 Å². The van der Waals surface area contributed by atoms with Crippen LogP contribution in [0.2, 0.25) is 0 Å². The number of likely N-dealkylation sites (tertiary alicyclic amines) is 1. The van der Waals surface area contributed by atoms with E-state index in [2.05, 4.69) is 49.9 Å². The van der Waals surface area contributed by atoms with E-state index in [4.69, 9.17) is 0 Å². The highest BCUT2D eigenvalue weighted by Crippen LogP contribution is 2.21. The maximum atomic E-state index is 12.8. The van der Waals surface area contributed by atoms with Crippen molar-refractivity contribution in [3.63, 3.8) is 0 Å². The number of anilines is 2. The molecule has 2 N–H and O–H groups in total. The van der Waals surface area contributed by atoms with Gasteiger partial charge >= 0.3 is 0 Å². The third-order valence-corrected chi connectivity index (χ3v) is 7.40. The molecule has 0 bridgehead atoms. The maximum Gasteiger partial charge on any atom is 0.197 e. The first-order chi connectivity index (χ1) is 15.3. The molecule has 0 aliphatic carbocycles. The highest BCUT2D eigenvalue weighted by molar-refractivity contribution is 7.91. The summed E-state index contributed by atoms with van der Waals surface area (Å²) in [5, 5.41) is 10.8. The first kappa shape index (κ1) is 22.3. The predicted octanol–water partition coefficient (Wildman–Crippen LogP) is 2.96. The Balaban J connectivity index is 1.32. The van der Waals surface area contributed by atoms with Gasteiger partial charge in [0.25, 0.3) is 0 Å². The number of sulfone groups is 1. The Morgan fingerprint density at radius 3 is 2.56 bits per heavy atom. The molecule has 3 aromatic rings. The lowest BCUT2D eigenvalue weighted by Gasteiger charge is -2.17. The molecule has 1 aliphatic heterocycles. The fraction of sp³-hybridized carbons (Fsp3) is 0.391. The number of aromatic nitrogens is 3. The van der Waals surface area contributed by atoms with Gasteiger partial charge < -0.3 is 10.6 Å². The summed E-state index contributed by atoms with van der Waals surface area (Å²) in [6.45, 7) is 6.66. The molecule has 3 heterocycles. The second-order valence-corrected chi connectivity index (χ2v) is 10.3. The molecule has 1 aromatic carbocycles. The average molecular weight is 455 g/mol. The van der Waals surface area contributed by atoms with E-state index in [0.29, 0.717) is 11.9 Å². The van der Waals surface area contributed by atoms with Crippen LogP contribution in [0.1, 0.15) is 23.4 Å². The van der Waals surface area contributed by atoms with E-state index >= 15 is 0 Å². The molecule has 0 spiro atoms. The van der Waals surface area contributed by atoms with Crippen LogP contribution in [0.4, 0.5) is 11.5 Å². The molecule has 0 amide bonds. The van der Waals surface area contributed by atoms with Gasteiger partial charge in [0.15, 0.2) is 9.84 Å². The number of rotatable bonds is 8. The molecule has 0 saturated carbocycles. The van der Waals surface area contributed by atoms with Gasteiger partial charge in [0, 0.05) is 38.9 Å². The van der Waals surface area contributed by atoms with Crippen molar-refractivity contribution in [1.29, 1.82) is 0 Å². The summed E-state index contributed by atoms with van der Waals surface area (Å²) in [4.78, 5) is 6.98. The molecule has 170 valence electrons. The van der Waals surface area contributed by atoms with Gasteiger partial charge in [-0.15, -0.1) is 0 Å². The smallest absolute Gasteiger partial charge is 0.197 e. The Morgan fingerprint density at radius 2 is 1.91 bits per heavy atom. The highest BCUT2D eigenvalue weighted by atomic mass is 32.2. The van der Waals surface area contributed by atoms with Crippen LogP contribution in [0, 0.1) is 13.8 Å². The zero-order chi connectivity index (χ0) is 22.7. The number of pyridine rings is 1. The lowest BCUT2D eigenvalue weighted by molar-refractivity contribution is 0.328. The van der Waals surface area contributed by atoms with E-state index < -0.39 is 9.84 Å². The van der Waals surface area contributed by atoms with E-state index in [1.165, 1.54) is 11.8 Å². The summed E-state index contributed by atoms with van der Waals surface area (Å²) in [6.07, 6.45) is 2.46. The second kappa shape index (κ2) is 9.30. The minimum absolute atomic E-state index is 0.201. The first-order valence-corrected chi connectivity index (χ1v) is 12.4. The SMILES string of the molecule is Cc1nn(C)c(C)c1NCS(=O)(=O)c1ccc(NC2CCN(Cc3ccccc3)C2)nc1. The minimum atomic E-state index is -3.52. The predicted molar refractivity (Wildman–Crippen MR) is 126 cm³/mol. The number of hydrogen-bond donors (Lipinski definition) is 2. The van der Waals surface area contributed by atoms with Gasteiger partial charge in [-0.25, -0.2) is 13.4 Å². The van der Waals surface area contributed by atoms with Crippen molar-refractivity contribution in [3.8, 4) is 0 Å². The van der Waals surface area contributed by atoms with Gasteiger partial charge in [0.05, 0.1) is 22.0 Å². The van der Waals surface area contributed by atoms with Gasteiger partial charge in [0.2, 0.25) is 0 Å². The van der Waals surface area contributed by atoms with Crippen molar-refractivity contribution >= 4 is 21.3 Å². The zero-order valence-electron chi connectivity index (χ0n) is 18.7. The van der Waals surface area contributed by atoms with E-state index in [-0.39, 0.29) is 10.8 Å². The largest absolute Gasteiger partial charge is 0.368 e. The summed E-state index contributed by atoms with van der Waals surface area (Å²) in [5.41, 5.74) is 3.73. The van der Waals surface area contributed by atoms with Crippen molar-refractivity contribution in [2.45, 2.75) is 37.8 Å². The maximum absolute atomic E-state index is 12.8. The summed E-state index contributed by atoms with van der Waals surface area (Å²) < 4.78 is 27.2. The van der Waals surface area contributed by atoms with Crippen LogP contribution in [0.15, 0.2) is 53.6 Å². The Hall–Kier alpha value is -2.91. The van der Waals surface area contributed by atoms with E-state index in [0.717, 1.165) is 43.1 Å². The van der Waals surface area contributed by atoms with Crippen molar-refractivity contribution in [3.05, 3.63) is 65.6 Å². The lowest BCUT2D eigenvalue weighted by atomic mass is 10.2. The second-order valence-electron chi connectivity index (χ2n) is 8.34. The van der Waals surface area contributed by atoms with Crippen LogP contribution < -0.4 is 10.6 Å². The van der Waals surface area contributed by atoms with Crippen molar-refractivity contribution in [2.75, 3.05) is 29.6 Å². The zero-order valence-corrected chi connectivity index (χ0v) is 19.6. The van der Waals surface area contributed by atoms with Crippen molar-refractivity contribution in [2.24, 2.45) is 7.05 Å². The molecule has 32 heavy (non-hydrogen) atoms. The van der Waals surface area contributed by atoms with Gasteiger partial charge in [-0.1, -0.05) is 30.3 Å². The fourth-order valence-electron chi connectivity index (χ4n) is 4.07. The molecular formula is C23H30N6O2S. The lowest BCUT2D eigenvalue weighted by Crippen LogP contribution is -2.26. The number of nitrogens with one attached hydrogen (secondary N) is 2. The third-order valence-electron chi connectivity index (χ3n) is 5.92. The molecular weight excluding hydrogens is 424 g/mol. The number of nitrogens with zero attached hydrogens (tertiary/aromatic N) is 4. The van der Waals surface area contributed by atoms with Gasteiger partial charge in [0.1, 0.15) is 11.7 Å². The molecule has 1 saturated heterocycles. The van der Waals surface area contributed by atoms with Gasteiger partial charge in [-0.2, -0.15) is 5.10 Å². The Kier molecular flexibility index (Phi) is 6.48. The molecule has 2 aromatic heterocycles. The standard InChI is InChI=1S/C23H30N6O2S/c1-17-23(18(2)28(3)27-17)25-16-32(30,31)21-9-10-22(24-13-21)26-20-11-12-29(15-20)14-19-7-5-4-6-8-19/h4-10,13,20,25H,11-12,14-16H2,1-3H3,(H,24,26). The minimum Gasteiger partial charge on any atom is -0.368 e. The third kappa shape index (κ3) is 5.11. The van der Waals surface area contributed by atoms with Gasteiger partial charge in [-0.3, -0.25) is 9.58 Å². The molecule has 9 heteroatoms. The molecule has 4 rings (SSSR count). The summed E-state index contributed by atoms with van der Waals surface area (Å²) in [6, 6.07) is 14.1. The molecule has 1 fully saturated rings. The monoisotopic (exact) mass is 454 g/mol. The Morgan fingerprint density at radius 1 is 1.12 bits per heavy atom. The average Bonchev–Trinajstić information content (AvgIpc) is 3.31. The molecule has 8 nitrogen and oxygen atoms in total. The number of benzene rings is 1. The molecule has 1 unspecified atom stereocenters. The van der Waals surface area contributed by atoms with Gasteiger partial charge in [-0.05, 0) is 38.0 Å². The van der Waals surface area contributed by atoms with E-state index in [9.17, 15) is 8.42 Å². The Labute approximate surface area is 189 Å². The van der Waals surface area contributed by atoms with E-state index in [1.807, 2.05) is 27.0 Å². The number of hydrogen-bond acceptors (Lipinski definition) is 7. The van der Waals surface area contributed by atoms with Crippen LogP contribution in [-0.4, -0.2) is 53.1 Å². The number of aryl methyl sites for hydroxylation is 2. The molecule has 1 aliphatic rings. The highest BCUT2D eigenvalue weighted by Gasteiger charge is 2.23. The van der Waals surface area contributed by atoms with Crippen LogP contribution in [0.5, 0.6) is 0 Å². The van der Waals surface area contributed by atoms with Crippen molar-refractivity contribution < 1.29 is 8.42 Å². The first-order valence-electron chi connectivity index (χ1n) is 10.8. The normalized spacial score (nSPS) is 16.9. The topological polar surface area (TPSA) is 92.1 Å². The summed E-state index contributed by atoms with van der Waals surface area (Å²) in [7, 11) is -1.68. The molecule has 0 radical (unpaired) electrons. The van der Waals surface area contributed by atoms with Crippen LogP contribution >= 0.6 is 0 Å². The van der Waals surface area contributed by atoms with E-state index in [1.54, 1.807) is 16.8 Å². The van der Waals surface area contributed by atoms with Crippen LogP contribution in [0.3, 0.4) is 0 Å². The molecule has 1 atom stereocenters. The fourth-order valence-corrected chi connectivity index (χ4v) is 5.06. The van der Waals surface area contributed by atoms with Crippen LogP contribution in [-0.2, 0) is 23.4 Å². The quantitative estimate of drug-likeness (QED) is 0.541. The van der Waals surface area contributed by atoms with Crippen LogP contribution in [0.25, 0.3) is 0 Å².